The Hall–Kier alpha value is -5.76. The van der Waals surface area contributed by atoms with Gasteiger partial charge in [0.25, 0.3) is 0 Å². The fourth-order valence-corrected chi connectivity index (χ4v) is 6.56. The molecule has 49 heavy (non-hydrogen) atoms. The maximum Gasteiger partial charge on any atom is 0.353 e. The summed E-state index contributed by atoms with van der Waals surface area (Å²) in [6, 6.07) is 40.9. The Labute approximate surface area is 285 Å². The average Bonchev–Trinajstić information content (AvgIpc) is 3.15. The summed E-state index contributed by atoms with van der Waals surface area (Å²) in [5.41, 5.74) is 5.68. The second kappa shape index (κ2) is 14.2. The van der Waals surface area contributed by atoms with E-state index in [2.05, 4.69) is 53.7 Å². The largest absolute Gasteiger partial charge is 0.487 e. The maximum atomic E-state index is 11.2. The van der Waals surface area contributed by atoms with Crippen LogP contribution in [0.1, 0.15) is 55.1 Å². The molecule has 6 aromatic rings. The molecule has 2 aromatic heterocycles. The van der Waals surface area contributed by atoms with Gasteiger partial charge in [0.05, 0.1) is 22.4 Å². The van der Waals surface area contributed by atoms with Gasteiger partial charge in [-0.25, -0.2) is 14.8 Å². The molecule has 0 radical (unpaired) electrons. The topological polar surface area (TPSA) is 103 Å². The van der Waals surface area contributed by atoms with Gasteiger partial charge < -0.3 is 19.4 Å². The Kier molecular flexibility index (Phi) is 9.19. The molecule has 0 saturated heterocycles. The van der Waals surface area contributed by atoms with Crippen molar-refractivity contribution in [1.29, 1.82) is 0 Å². The molecule has 1 fully saturated rings. The van der Waals surface area contributed by atoms with Crippen LogP contribution in [0, 0.1) is 0 Å². The average molecular weight is 652 g/mol. The van der Waals surface area contributed by atoms with Gasteiger partial charge in [-0.15, -0.1) is 0 Å². The monoisotopic (exact) mass is 651 g/mol. The zero-order valence-electron chi connectivity index (χ0n) is 27.3. The van der Waals surface area contributed by atoms with E-state index in [0.29, 0.717) is 13.2 Å². The number of carboxylic acid groups (broad SMARTS) is 1. The van der Waals surface area contributed by atoms with Gasteiger partial charge in [-0.2, -0.15) is 0 Å². The van der Waals surface area contributed by atoms with Crippen molar-refractivity contribution in [2.24, 2.45) is 5.16 Å². The lowest BCUT2D eigenvalue weighted by molar-refractivity contribution is -0.129. The van der Waals surface area contributed by atoms with Gasteiger partial charge in [0.15, 0.2) is 5.71 Å². The highest BCUT2D eigenvalue weighted by Gasteiger charge is 2.39. The summed E-state index contributed by atoms with van der Waals surface area (Å²) < 4.78 is 12.3. The summed E-state index contributed by atoms with van der Waals surface area (Å²) in [7, 11) is 0. The van der Waals surface area contributed by atoms with Crippen molar-refractivity contribution in [2.45, 2.75) is 57.3 Å². The number of benzene rings is 4. The number of aromatic nitrogens is 2. The maximum absolute atomic E-state index is 11.2. The fourth-order valence-electron chi connectivity index (χ4n) is 6.56. The Morgan fingerprint density at radius 2 is 1.16 bits per heavy atom. The molecule has 4 aromatic carbocycles. The Morgan fingerprint density at radius 1 is 0.694 bits per heavy atom. The van der Waals surface area contributed by atoms with E-state index >= 15 is 0 Å². The van der Waals surface area contributed by atoms with E-state index in [1.165, 1.54) is 18.1 Å². The normalized spacial score (nSPS) is 14.8. The van der Waals surface area contributed by atoms with Gasteiger partial charge in [-0.1, -0.05) is 78.0 Å². The highest BCUT2D eigenvalue weighted by Crippen LogP contribution is 2.46. The van der Waals surface area contributed by atoms with Crippen LogP contribution in [0.3, 0.4) is 0 Å². The van der Waals surface area contributed by atoms with Crippen LogP contribution in [0.2, 0.25) is 0 Å². The van der Waals surface area contributed by atoms with E-state index in [0.717, 1.165) is 70.4 Å². The number of fused-ring (bicyclic) bond motifs is 2. The van der Waals surface area contributed by atoms with Gasteiger partial charge in [-0.05, 0) is 92.3 Å². The molecule has 1 N–H and O–H groups in total. The third-order valence-corrected chi connectivity index (χ3v) is 9.33. The van der Waals surface area contributed by atoms with Crippen molar-refractivity contribution in [3.63, 3.8) is 0 Å². The summed E-state index contributed by atoms with van der Waals surface area (Å²) in [6.45, 7) is 2.19. The van der Waals surface area contributed by atoms with Crippen molar-refractivity contribution in [2.75, 3.05) is 0 Å². The van der Waals surface area contributed by atoms with Gasteiger partial charge in [-0.3, -0.25) is 0 Å². The lowest BCUT2D eigenvalue weighted by Gasteiger charge is -2.40. The van der Waals surface area contributed by atoms with E-state index < -0.39 is 5.97 Å². The molecule has 8 heteroatoms. The molecule has 0 atom stereocenters. The summed E-state index contributed by atoms with van der Waals surface area (Å²) in [5, 5.41) is 15.3. The summed E-state index contributed by atoms with van der Waals surface area (Å²) >= 11 is 0. The van der Waals surface area contributed by atoms with Crippen LogP contribution in [0.15, 0.2) is 126 Å². The fraction of sp³-hybridized carbons (Fsp3) is 0.220. The lowest BCUT2D eigenvalue weighted by atomic mass is 9.65. The minimum Gasteiger partial charge on any atom is -0.487 e. The summed E-state index contributed by atoms with van der Waals surface area (Å²) in [5.74, 6) is 0.466. The minimum absolute atomic E-state index is 0.0548. The second-order valence-corrected chi connectivity index (χ2v) is 12.5. The van der Waals surface area contributed by atoms with E-state index in [-0.39, 0.29) is 17.2 Å². The number of hydrogen-bond donors (Lipinski definition) is 1. The van der Waals surface area contributed by atoms with Gasteiger partial charge in [0.2, 0.25) is 0 Å². The Bertz CT molecular complexity index is 1970. The number of para-hydroxylation sites is 2. The predicted molar refractivity (Wildman–Crippen MR) is 190 cm³/mol. The van der Waals surface area contributed by atoms with Crippen LogP contribution in [-0.4, -0.2) is 32.9 Å². The molecule has 246 valence electrons. The van der Waals surface area contributed by atoms with Crippen LogP contribution in [0.5, 0.6) is 11.5 Å². The van der Waals surface area contributed by atoms with Crippen LogP contribution in [-0.2, 0) is 28.3 Å². The third kappa shape index (κ3) is 7.23. The summed E-state index contributed by atoms with van der Waals surface area (Å²) in [6.07, 6.45) is 2.92. The van der Waals surface area contributed by atoms with E-state index in [4.69, 9.17) is 24.3 Å². The molecular weight excluding hydrogens is 614 g/mol. The zero-order chi connectivity index (χ0) is 33.6. The van der Waals surface area contributed by atoms with Crippen LogP contribution in [0.25, 0.3) is 21.8 Å². The van der Waals surface area contributed by atoms with Crippen molar-refractivity contribution in [3.8, 4) is 11.5 Å². The number of nitrogens with zero attached hydrogens (tertiary/aromatic N) is 3. The first-order chi connectivity index (χ1) is 23.9. The first kappa shape index (κ1) is 31.8. The van der Waals surface area contributed by atoms with Crippen LogP contribution < -0.4 is 9.47 Å². The molecular formula is C41H37N3O5. The Balaban J connectivity index is 1.08. The van der Waals surface area contributed by atoms with Crippen molar-refractivity contribution >= 4 is 33.5 Å². The standard InChI is InChI=1S/C41H37N3O5/c1-28(40(45)46)44-49-37-22-24-41(25-23-37,31-12-18-35(19-13-31)47-26-33-16-10-29-6-2-4-8-38(29)42-33)32-14-20-36(21-15-32)48-27-34-17-11-30-7-3-5-9-39(30)43-34/h2-21,37H,22-27H2,1H3,(H,45,46)/b44-28-. The zero-order valence-corrected chi connectivity index (χ0v) is 27.3. The molecule has 2 heterocycles. The molecule has 0 amide bonds. The molecule has 0 bridgehead atoms. The van der Waals surface area contributed by atoms with Crippen molar-refractivity contribution < 1.29 is 24.2 Å². The smallest absolute Gasteiger partial charge is 0.353 e. The highest BCUT2D eigenvalue weighted by molar-refractivity contribution is 6.34. The SMILES string of the molecule is C/C(=N/OC1CCC(c2ccc(OCc3ccc4ccccc4n3)cc2)(c2ccc(OCc3ccc4ccccc4n3)cc2)CC1)C(=O)O. The number of hydrogen-bond acceptors (Lipinski definition) is 7. The molecule has 1 saturated carbocycles. The van der Waals surface area contributed by atoms with E-state index in [9.17, 15) is 9.90 Å². The molecule has 1 aliphatic rings. The number of aliphatic carboxylic acids is 1. The number of ether oxygens (including phenoxy) is 2. The first-order valence-electron chi connectivity index (χ1n) is 16.5. The number of pyridine rings is 2. The molecule has 0 unspecified atom stereocenters. The highest BCUT2D eigenvalue weighted by atomic mass is 16.6. The van der Waals surface area contributed by atoms with Crippen LogP contribution in [0.4, 0.5) is 0 Å². The van der Waals surface area contributed by atoms with Crippen molar-refractivity contribution in [1.82, 2.24) is 9.97 Å². The number of rotatable bonds is 11. The minimum atomic E-state index is -1.08. The molecule has 7 rings (SSSR count). The van der Waals surface area contributed by atoms with Gasteiger partial charge in [0.1, 0.15) is 30.8 Å². The van der Waals surface area contributed by atoms with Crippen molar-refractivity contribution in [3.05, 3.63) is 144 Å². The van der Waals surface area contributed by atoms with E-state index in [1.54, 1.807) is 0 Å². The van der Waals surface area contributed by atoms with Gasteiger partial charge >= 0.3 is 5.97 Å². The Morgan fingerprint density at radius 3 is 1.63 bits per heavy atom. The molecule has 0 aliphatic heterocycles. The summed E-state index contributed by atoms with van der Waals surface area (Å²) in [4.78, 5) is 26.4. The lowest BCUT2D eigenvalue weighted by Crippen LogP contribution is -2.35. The van der Waals surface area contributed by atoms with Gasteiger partial charge in [0, 0.05) is 16.2 Å². The molecule has 8 nitrogen and oxygen atoms in total. The third-order valence-electron chi connectivity index (χ3n) is 9.33. The number of carbonyl (C=O) groups is 1. The predicted octanol–water partition coefficient (Wildman–Crippen LogP) is 8.65. The molecule has 1 aliphatic carbocycles. The number of carboxylic acids is 1. The second-order valence-electron chi connectivity index (χ2n) is 12.5. The molecule has 0 spiro atoms. The first-order valence-corrected chi connectivity index (χ1v) is 16.5. The number of oxime groups is 1. The van der Waals surface area contributed by atoms with E-state index in [1.807, 2.05) is 72.8 Å². The van der Waals surface area contributed by atoms with Crippen LogP contribution >= 0.6 is 0 Å². The quantitative estimate of drug-likeness (QED) is 0.110.